The molecule has 1 aliphatic heterocycles. The normalized spacial score (nSPS) is 15.1. The van der Waals surface area contributed by atoms with Crippen molar-refractivity contribution in [2.75, 3.05) is 11.9 Å². The van der Waals surface area contributed by atoms with E-state index in [-0.39, 0.29) is 11.9 Å². The van der Waals surface area contributed by atoms with Crippen LogP contribution in [-0.2, 0) is 17.8 Å². The van der Waals surface area contributed by atoms with Gasteiger partial charge in [-0.3, -0.25) is 9.69 Å². The fourth-order valence-corrected chi connectivity index (χ4v) is 3.34. The van der Waals surface area contributed by atoms with Gasteiger partial charge in [-0.05, 0) is 53.1 Å². The number of carbonyl (C=O) groups excluding carboxylic acids is 1. The molecular formula is C19H20N6O2. The van der Waals surface area contributed by atoms with Gasteiger partial charge in [-0.25, -0.2) is 9.89 Å². The van der Waals surface area contributed by atoms with Gasteiger partial charge in [0, 0.05) is 18.8 Å². The van der Waals surface area contributed by atoms with Gasteiger partial charge in [0.25, 0.3) is 0 Å². The molecule has 1 aliphatic rings. The Hall–Kier alpha value is -3.26. The summed E-state index contributed by atoms with van der Waals surface area (Å²) in [4.78, 5) is 26.6. The Bertz CT molecular complexity index is 1020. The molecule has 2 N–H and O–H groups in total. The lowest BCUT2D eigenvalue weighted by Crippen LogP contribution is -2.44. The van der Waals surface area contributed by atoms with Crippen LogP contribution in [0.15, 0.2) is 53.3 Å². The van der Waals surface area contributed by atoms with Crippen molar-refractivity contribution in [2.24, 2.45) is 0 Å². The molecule has 1 aromatic heterocycles. The number of H-pyrrole nitrogens is 1. The van der Waals surface area contributed by atoms with Gasteiger partial charge in [0.15, 0.2) is 0 Å². The number of amides is 1. The highest BCUT2D eigenvalue weighted by molar-refractivity contribution is 5.94. The van der Waals surface area contributed by atoms with E-state index in [0.29, 0.717) is 11.4 Å². The van der Waals surface area contributed by atoms with Crippen LogP contribution in [0.5, 0.6) is 0 Å². The molecule has 138 valence electrons. The van der Waals surface area contributed by atoms with Crippen molar-refractivity contribution in [2.45, 2.75) is 25.9 Å². The van der Waals surface area contributed by atoms with Gasteiger partial charge >= 0.3 is 5.69 Å². The van der Waals surface area contributed by atoms with Crippen molar-refractivity contribution >= 4 is 11.6 Å². The number of carbonyl (C=O) groups is 1. The van der Waals surface area contributed by atoms with E-state index in [1.807, 2.05) is 13.0 Å². The van der Waals surface area contributed by atoms with Crippen molar-refractivity contribution < 1.29 is 4.79 Å². The summed E-state index contributed by atoms with van der Waals surface area (Å²) in [5.41, 5.74) is 3.34. The lowest BCUT2D eigenvalue weighted by atomic mass is 9.99. The minimum Gasteiger partial charge on any atom is -0.325 e. The molecular weight excluding hydrogens is 344 g/mol. The largest absolute Gasteiger partial charge is 0.365 e. The maximum atomic E-state index is 12.7. The average molecular weight is 364 g/mol. The lowest BCUT2D eigenvalue weighted by molar-refractivity contribution is -0.121. The summed E-state index contributed by atoms with van der Waals surface area (Å²) in [5.74, 6) is -0.0842. The zero-order chi connectivity index (χ0) is 18.8. The monoisotopic (exact) mass is 364 g/mol. The SMILES string of the molecule is CC(C(=O)Nc1cccc(-n2nn[nH]c2=O)c1)N1CCc2ccccc2C1. The second-order valence-electron chi connectivity index (χ2n) is 6.62. The molecule has 27 heavy (non-hydrogen) atoms. The van der Waals surface area contributed by atoms with Crippen molar-refractivity contribution in [3.8, 4) is 5.69 Å². The number of tetrazole rings is 1. The van der Waals surface area contributed by atoms with Crippen molar-refractivity contribution in [3.05, 3.63) is 70.1 Å². The molecule has 0 aliphatic carbocycles. The molecule has 2 heterocycles. The van der Waals surface area contributed by atoms with E-state index in [4.69, 9.17) is 0 Å². The molecule has 0 radical (unpaired) electrons. The minimum absolute atomic E-state index is 0.0842. The number of fused-ring (bicyclic) bond motifs is 1. The first-order chi connectivity index (χ1) is 13.1. The Balaban J connectivity index is 1.46. The molecule has 3 aromatic rings. The summed E-state index contributed by atoms with van der Waals surface area (Å²) < 4.78 is 1.14. The molecule has 1 atom stereocenters. The highest BCUT2D eigenvalue weighted by Gasteiger charge is 2.25. The van der Waals surface area contributed by atoms with Gasteiger partial charge in [-0.2, -0.15) is 4.68 Å². The minimum atomic E-state index is -0.432. The number of nitrogens with one attached hydrogen (secondary N) is 2. The molecule has 1 unspecified atom stereocenters. The zero-order valence-corrected chi connectivity index (χ0v) is 14.9. The van der Waals surface area contributed by atoms with E-state index in [9.17, 15) is 9.59 Å². The summed E-state index contributed by atoms with van der Waals surface area (Å²) in [6.07, 6.45) is 0.943. The van der Waals surface area contributed by atoms with Crippen LogP contribution < -0.4 is 11.0 Å². The number of anilines is 1. The van der Waals surface area contributed by atoms with E-state index in [0.717, 1.165) is 24.2 Å². The molecule has 0 saturated carbocycles. The third-order valence-electron chi connectivity index (χ3n) is 4.92. The van der Waals surface area contributed by atoms with Crippen LogP contribution in [0.1, 0.15) is 18.1 Å². The second-order valence-corrected chi connectivity index (χ2v) is 6.62. The van der Waals surface area contributed by atoms with Crippen LogP contribution in [0.4, 0.5) is 5.69 Å². The third-order valence-corrected chi connectivity index (χ3v) is 4.92. The topological polar surface area (TPSA) is 95.9 Å². The Morgan fingerprint density at radius 3 is 2.78 bits per heavy atom. The van der Waals surface area contributed by atoms with Gasteiger partial charge in [0.2, 0.25) is 5.91 Å². The van der Waals surface area contributed by atoms with E-state index >= 15 is 0 Å². The van der Waals surface area contributed by atoms with Crippen LogP contribution in [0, 0.1) is 0 Å². The number of rotatable bonds is 4. The van der Waals surface area contributed by atoms with Crippen LogP contribution in [-0.4, -0.2) is 43.6 Å². The number of aromatic nitrogens is 4. The first-order valence-corrected chi connectivity index (χ1v) is 8.84. The fourth-order valence-electron chi connectivity index (χ4n) is 3.34. The standard InChI is InChI=1S/C19H20N6O2/c1-13(24-10-9-14-5-2-3-6-15(14)12-24)18(26)20-16-7-4-8-17(11-16)25-19(27)21-22-23-25/h2-8,11,13H,9-10,12H2,1H3,(H,20,26)(H,21,23,27). The molecule has 0 spiro atoms. The van der Waals surface area contributed by atoms with Crippen molar-refractivity contribution in [1.29, 1.82) is 0 Å². The Morgan fingerprint density at radius 1 is 1.19 bits per heavy atom. The Kier molecular flexibility index (Phi) is 4.55. The van der Waals surface area contributed by atoms with Gasteiger partial charge in [0.1, 0.15) is 0 Å². The Morgan fingerprint density at radius 2 is 2.00 bits per heavy atom. The quantitative estimate of drug-likeness (QED) is 0.728. The van der Waals surface area contributed by atoms with Crippen LogP contribution in [0.3, 0.4) is 0 Å². The van der Waals surface area contributed by atoms with E-state index in [1.54, 1.807) is 24.3 Å². The molecule has 8 nitrogen and oxygen atoms in total. The van der Waals surface area contributed by atoms with Gasteiger partial charge in [-0.15, -0.1) is 0 Å². The number of aromatic amines is 1. The fraction of sp³-hybridized carbons (Fsp3) is 0.263. The molecule has 0 bridgehead atoms. The van der Waals surface area contributed by atoms with Crippen LogP contribution in [0.25, 0.3) is 5.69 Å². The first-order valence-electron chi connectivity index (χ1n) is 8.84. The number of hydrogen-bond acceptors (Lipinski definition) is 5. The molecule has 0 saturated heterocycles. The van der Waals surface area contributed by atoms with E-state index in [2.05, 4.69) is 43.9 Å². The summed E-state index contributed by atoms with van der Waals surface area (Å²) in [7, 11) is 0. The maximum absolute atomic E-state index is 12.7. The third kappa shape index (κ3) is 3.52. The molecule has 2 aromatic carbocycles. The van der Waals surface area contributed by atoms with E-state index < -0.39 is 5.69 Å². The Labute approximate surface area is 155 Å². The smallest absolute Gasteiger partial charge is 0.325 e. The predicted octanol–water partition coefficient (Wildman–Crippen LogP) is 1.34. The van der Waals surface area contributed by atoms with Gasteiger partial charge in [0.05, 0.1) is 11.7 Å². The second kappa shape index (κ2) is 7.16. The molecule has 0 fully saturated rings. The molecule has 4 rings (SSSR count). The number of benzene rings is 2. The van der Waals surface area contributed by atoms with Gasteiger partial charge < -0.3 is 5.32 Å². The molecule has 8 heteroatoms. The van der Waals surface area contributed by atoms with Crippen molar-refractivity contribution in [1.82, 2.24) is 25.1 Å². The van der Waals surface area contributed by atoms with Crippen LogP contribution >= 0.6 is 0 Å². The summed E-state index contributed by atoms with van der Waals surface area (Å²) in [6.45, 7) is 3.52. The number of nitrogens with zero attached hydrogens (tertiary/aromatic N) is 4. The summed E-state index contributed by atoms with van der Waals surface area (Å²) in [5, 5.41) is 12.4. The highest BCUT2D eigenvalue weighted by atomic mass is 16.2. The summed E-state index contributed by atoms with van der Waals surface area (Å²) >= 11 is 0. The lowest BCUT2D eigenvalue weighted by Gasteiger charge is -2.32. The highest BCUT2D eigenvalue weighted by Crippen LogP contribution is 2.21. The zero-order valence-electron chi connectivity index (χ0n) is 14.9. The van der Waals surface area contributed by atoms with Gasteiger partial charge in [-0.1, -0.05) is 30.3 Å². The molecule has 1 amide bonds. The van der Waals surface area contributed by atoms with Crippen molar-refractivity contribution in [3.63, 3.8) is 0 Å². The first kappa shape index (κ1) is 17.2. The number of hydrogen-bond donors (Lipinski definition) is 2. The maximum Gasteiger partial charge on any atom is 0.365 e. The summed E-state index contributed by atoms with van der Waals surface area (Å²) in [6, 6.07) is 15.0. The predicted molar refractivity (Wildman–Crippen MR) is 101 cm³/mol. The van der Waals surface area contributed by atoms with E-state index in [1.165, 1.54) is 11.1 Å². The average Bonchev–Trinajstić information content (AvgIpc) is 3.13. The van der Waals surface area contributed by atoms with Crippen LogP contribution in [0.2, 0.25) is 0 Å².